The van der Waals surface area contributed by atoms with Crippen LogP contribution in [-0.4, -0.2) is 49.7 Å². The number of nitrogens with zero attached hydrogens (tertiary/aromatic N) is 2. The van der Waals surface area contributed by atoms with E-state index < -0.39 is 15.8 Å². The van der Waals surface area contributed by atoms with Crippen molar-refractivity contribution in [1.29, 1.82) is 0 Å². The summed E-state index contributed by atoms with van der Waals surface area (Å²) in [6.45, 7) is 1.19. The van der Waals surface area contributed by atoms with Crippen molar-refractivity contribution in [3.05, 3.63) is 41.2 Å². The van der Waals surface area contributed by atoms with Crippen LogP contribution < -0.4 is 0 Å². The lowest BCUT2D eigenvalue weighted by Crippen LogP contribution is -2.51. The van der Waals surface area contributed by atoms with Crippen molar-refractivity contribution < 1.29 is 17.6 Å². The van der Waals surface area contributed by atoms with E-state index in [0.29, 0.717) is 13.1 Å². The van der Waals surface area contributed by atoms with Gasteiger partial charge >= 0.3 is 0 Å². The van der Waals surface area contributed by atoms with Gasteiger partial charge in [-0.05, 0) is 37.5 Å². The fraction of sp³-hybridized carbons (Fsp3) is 0.471. The van der Waals surface area contributed by atoms with Crippen molar-refractivity contribution in [3.63, 3.8) is 0 Å². The van der Waals surface area contributed by atoms with Gasteiger partial charge in [0.1, 0.15) is 5.82 Å². The maximum atomic E-state index is 13.3. The van der Waals surface area contributed by atoms with Gasteiger partial charge in [-0.3, -0.25) is 4.79 Å². The second kappa shape index (κ2) is 7.43. The second-order valence-corrected chi connectivity index (χ2v) is 8.63. The lowest BCUT2D eigenvalue weighted by molar-refractivity contribution is -0.137. The number of carbonyl (C=O) groups is 1. The summed E-state index contributed by atoms with van der Waals surface area (Å²) >= 11 is 5.69. The topological polar surface area (TPSA) is 57.7 Å². The SMILES string of the molecule is O=C(C1CC=CCC1)N1CCN(S(=O)(=O)c2ccc(F)c(Cl)c2)CC1. The first-order valence-electron chi connectivity index (χ1n) is 8.28. The van der Waals surface area contributed by atoms with Crippen molar-refractivity contribution in [2.45, 2.75) is 24.2 Å². The summed E-state index contributed by atoms with van der Waals surface area (Å²) in [5.41, 5.74) is 0. The van der Waals surface area contributed by atoms with Crippen LogP contribution in [0.15, 0.2) is 35.2 Å². The van der Waals surface area contributed by atoms with Crippen LogP contribution in [0.3, 0.4) is 0 Å². The maximum Gasteiger partial charge on any atom is 0.243 e. The molecule has 25 heavy (non-hydrogen) atoms. The Balaban J connectivity index is 1.65. The first-order valence-corrected chi connectivity index (χ1v) is 10.1. The van der Waals surface area contributed by atoms with Crippen LogP contribution in [-0.2, 0) is 14.8 Å². The Hall–Kier alpha value is -1.44. The molecule has 3 rings (SSSR count). The van der Waals surface area contributed by atoms with E-state index in [4.69, 9.17) is 11.6 Å². The fourth-order valence-corrected chi connectivity index (χ4v) is 4.91. The van der Waals surface area contributed by atoms with Gasteiger partial charge in [0, 0.05) is 32.1 Å². The van der Waals surface area contributed by atoms with Gasteiger partial charge in [-0.1, -0.05) is 23.8 Å². The van der Waals surface area contributed by atoms with E-state index in [2.05, 4.69) is 6.08 Å². The molecule has 5 nitrogen and oxygen atoms in total. The third kappa shape index (κ3) is 3.88. The minimum absolute atomic E-state index is 0.00376. The standard InChI is InChI=1S/C17H20ClFN2O3S/c18-15-12-14(6-7-16(15)19)25(23,24)21-10-8-20(9-11-21)17(22)13-4-2-1-3-5-13/h1-2,6-7,12-13H,3-5,8-11H2. The Kier molecular flexibility index (Phi) is 5.46. The zero-order valence-electron chi connectivity index (χ0n) is 13.7. The number of benzene rings is 1. The molecule has 8 heteroatoms. The Morgan fingerprint density at radius 3 is 2.48 bits per heavy atom. The molecule has 1 aromatic rings. The molecular formula is C17H20ClFN2O3S. The highest BCUT2D eigenvalue weighted by molar-refractivity contribution is 7.89. The summed E-state index contributed by atoms with van der Waals surface area (Å²) < 4.78 is 39.9. The third-order valence-corrected chi connectivity index (χ3v) is 6.88. The van der Waals surface area contributed by atoms with E-state index in [0.717, 1.165) is 31.4 Å². The van der Waals surface area contributed by atoms with E-state index in [1.165, 1.54) is 10.4 Å². The van der Waals surface area contributed by atoms with Crippen molar-refractivity contribution in [1.82, 2.24) is 9.21 Å². The predicted octanol–water partition coefficient (Wildman–Crippen LogP) is 2.67. The van der Waals surface area contributed by atoms with Gasteiger partial charge in [0.05, 0.1) is 9.92 Å². The largest absolute Gasteiger partial charge is 0.340 e. The van der Waals surface area contributed by atoms with Gasteiger partial charge in [-0.15, -0.1) is 0 Å². The van der Waals surface area contributed by atoms with E-state index in [1.807, 2.05) is 6.08 Å². The highest BCUT2D eigenvalue weighted by atomic mass is 35.5. The van der Waals surface area contributed by atoms with Crippen molar-refractivity contribution in [3.8, 4) is 0 Å². The fourth-order valence-electron chi connectivity index (χ4n) is 3.21. The number of sulfonamides is 1. The third-order valence-electron chi connectivity index (χ3n) is 4.70. The van der Waals surface area contributed by atoms with Gasteiger partial charge in [0.25, 0.3) is 0 Å². The minimum Gasteiger partial charge on any atom is -0.340 e. The number of hydrogen-bond acceptors (Lipinski definition) is 3. The molecule has 2 aliphatic rings. The number of halogens is 2. The number of allylic oxidation sites excluding steroid dienone is 2. The summed E-state index contributed by atoms with van der Waals surface area (Å²) in [4.78, 5) is 14.2. The molecule has 1 unspecified atom stereocenters. The molecule has 1 aliphatic carbocycles. The van der Waals surface area contributed by atoms with Crippen LogP contribution in [0.1, 0.15) is 19.3 Å². The molecule has 1 aromatic carbocycles. The van der Waals surface area contributed by atoms with E-state index >= 15 is 0 Å². The first kappa shape index (κ1) is 18.4. The van der Waals surface area contributed by atoms with Crippen molar-refractivity contribution >= 4 is 27.5 Å². The molecule has 0 spiro atoms. The summed E-state index contributed by atoms with van der Waals surface area (Å²) in [5, 5.41) is -0.222. The van der Waals surface area contributed by atoms with E-state index in [9.17, 15) is 17.6 Å². The Morgan fingerprint density at radius 2 is 1.88 bits per heavy atom. The Labute approximate surface area is 152 Å². The molecule has 136 valence electrons. The molecular weight excluding hydrogens is 367 g/mol. The number of hydrogen-bond donors (Lipinski definition) is 0. The van der Waals surface area contributed by atoms with E-state index in [-0.39, 0.29) is 34.8 Å². The zero-order valence-corrected chi connectivity index (χ0v) is 15.3. The summed E-state index contributed by atoms with van der Waals surface area (Å²) in [5.74, 6) is -0.548. The summed E-state index contributed by atoms with van der Waals surface area (Å²) in [6, 6.07) is 3.38. The highest BCUT2D eigenvalue weighted by Gasteiger charge is 2.32. The molecule has 0 radical (unpaired) electrons. The van der Waals surface area contributed by atoms with Gasteiger partial charge in [-0.25, -0.2) is 12.8 Å². The van der Waals surface area contributed by atoms with Gasteiger partial charge < -0.3 is 4.90 Å². The number of amides is 1. The van der Waals surface area contributed by atoms with E-state index in [1.54, 1.807) is 4.90 Å². The van der Waals surface area contributed by atoms with Crippen LogP contribution in [0.25, 0.3) is 0 Å². The maximum absolute atomic E-state index is 13.3. The molecule has 1 aliphatic heterocycles. The van der Waals surface area contributed by atoms with Gasteiger partial charge in [0.2, 0.25) is 15.9 Å². The van der Waals surface area contributed by atoms with Gasteiger partial charge in [-0.2, -0.15) is 4.31 Å². The molecule has 0 aromatic heterocycles. The Morgan fingerprint density at radius 1 is 1.16 bits per heavy atom. The lowest BCUT2D eigenvalue weighted by atomic mass is 9.93. The molecule has 0 bridgehead atoms. The monoisotopic (exact) mass is 386 g/mol. The van der Waals surface area contributed by atoms with Crippen LogP contribution >= 0.6 is 11.6 Å². The van der Waals surface area contributed by atoms with Crippen molar-refractivity contribution in [2.24, 2.45) is 5.92 Å². The average Bonchev–Trinajstić information content (AvgIpc) is 2.64. The first-order chi connectivity index (χ1) is 11.9. The van der Waals surface area contributed by atoms with Gasteiger partial charge in [0.15, 0.2) is 0 Å². The van der Waals surface area contributed by atoms with Crippen molar-refractivity contribution in [2.75, 3.05) is 26.2 Å². The van der Waals surface area contributed by atoms with Crippen LogP contribution in [0, 0.1) is 11.7 Å². The smallest absolute Gasteiger partial charge is 0.243 e. The summed E-state index contributed by atoms with van der Waals surface area (Å²) in [6.07, 6.45) is 6.64. The molecule has 1 fully saturated rings. The Bertz CT molecular complexity index is 789. The normalized spacial score (nSPS) is 22.2. The molecule has 1 heterocycles. The molecule has 1 atom stereocenters. The number of piperazine rings is 1. The summed E-state index contributed by atoms with van der Waals surface area (Å²) in [7, 11) is -3.74. The average molecular weight is 387 g/mol. The van der Waals surface area contributed by atoms with Crippen LogP contribution in [0.2, 0.25) is 5.02 Å². The molecule has 1 saturated heterocycles. The minimum atomic E-state index is -3.74. The molecule has 1 amide bonds. The van der Waals surface area contributed by atoms with Crippen LogP contribution in [0.5, 0.6) is 0 Å². The molecule has 0 saturated carbocycles. The predicted molar refractivity (Wildman–Crippen MR) is 93.2 cm³/mol. The molecule has 0 N–H and O–H groups in total. The zero-order chi connectivity index (χ0) is 18.0. The number of carbonyl (C=O) groups excluding carboxylic acids is 1. The second-order valence-electron chi connectivity index (χ2n) is 6.29. The highest BCUT2D eigenvalue weighted by Crippen LogP contribution is 2.25. The van der Waals surface area contributed by atoms with Crippen LogP contribution in [0.4, 0.5) is 4.39 Å². The number of rotatable bonds is 3. The quantitative estimate of drug-likeness (QED) is 0.750. The lowest BCUT2D eigenvalue weighted by Gasteiger charge is -2.36.